The van der Waals surface area contributed by atoms with E-state index in [1.165, 1.54) is 12.1 Å². The van der Waals surface area contributed by atoms with Gasteiger partial charge >= 0.3 is 0 Å². The standard InChI is InChI=1S/C17H20N6O4S/c18-28(26,27)13-3-1-2-10(6-13)20-17-21-15-14(4-5-19-15)16(22-17)23-8-12(25)7-11(23)9-24/h1-6,11-12,24-25H,7-9H2,(H2,18,26,27)(H2,19,20,21,22)/t11-,12-/m0/s1. The topological polar surface area (TPSA) is 157 Å². The molecule has 0 saturated carbocycles. The van der Waals surface area contributed by atoms with Crippen LogP contribution in [0.15, 0.2) is 41.4 Å². The van der Waals surface area contributed by atoms with Crippen LogP contribution in [0.4, 0.5) is 17.5 Å². The van der Waals surface area contributed by atoms with Gasteiger partial charge < -0.3 is 25.4 Å². The highest BCUT2D eigenvalue weighted by atomic mass is 32.2. The molecular weight excluding hydrogens is 384 g/mol. The SMILES string of the molecule is NS(=O)(=O)c1cccc(Nc2nc(N3C[C@@H](O)C[C@H]3CO)c3cc[nH]c3n2)c1. The molecule has 4 rings (SSSR count). The summed E-state index contributed by atoms with van der Waals surface area (Å²) in [5, 5.41) is 28.6. The lowest BCUT2D eigenvalue weighted by atomic mass is 10.2. The number of nitrogens with zero attached hydrogens (tertiary/aromatic N) is 3. The molecule has 0 unspecified atom stereocenters. The van der Waals surface area contributed by atoms with Crippen LogP contribution in [-0.4, -0.2) is 58.9 Å². The Labute approximate surface area is 161 Å². The number of aliphatic hydroxyl groups excluding tert-OH is 2. The van der Waals surface area contributed by atoms with Gasteiger partial charge in [0, 0.05) is 18.4 Å². The monoisotopic (exact) mass is 404 g/mol. The minimum atomic E-state index is -3.83. The van der Waals surface area contributed by atoms with E-state index in [2.05, 4.69) is 20.3 Å². The van der Waals surface area contributed by atoms with E-state index < -0.39 is 16.1 Å². The first-order valence-corrected chi connectivity index (χ1v) is 10.2. The first-order valence-electron chi connectivity index (χ1n) is 8.66. The molecule has 3 heterocycles. The Morgan fingerprint density at radius 2 is 2.14 bits per heavy atom. The van der Waals surface area contributed by atoms with E-state index in [0.717, 1.165) is 5.39 Å². The number of nitrogens with one attached hydrogen (secondary N) is 2. The lowest BCUT2D eigenvalue weighted by molar-refractivity contribution is 0.184. The third-order valence-electron chi connectivity index (χ3n) is 4.69. The molecule has 10 nitrogen and oxygen atoms in total. The third kappa shape index (κ3) is 3.52. The second-order valence-electron chi connectivity index (χ2n) is 6.69. The van der Waals surface area contributed by atoms with Gasteiger partial charge in [0.05, 0.1) is 29.0 Å². The predicted molar refractivity (Wildman–Crippen MR) is 104 cm³/mol. The molecule has 0 bridgehead atoms. The molecule has 1 fully saturated rings. The van der Waals surface area contributed by atoms with Crippen LogP contribution in [0.1, 0.15) is 6.42 Å². The van der Waals surface area contributed by atoms with Gasteiger partial charge in [-0.3, -0.25) is 0 Å². The Morgan fingerprint density at radius 1 is 1.32 bits per heavy atom. The highest BCUT2D eigenvalue weighted by Crippen LogP contribution is 2.31. The smallest absolute Gasteiger partial charge is 0.238 e. The Bertz CT molecular complexity index is 1120. The van der Waals surface area contributed by atoms with E-state index in [-0.39, 0.29) is 23.5 Å². The minimum Gasteiger partial charge on any atom is -0.394 e. The van der Waals surface area contributed by atoms with E-state index >= 15 is 0 Å². The van der Waals surface area contributed by atoms with Crippen LogP contribution in [0, 0.1) is 0 Å². The molecule has 6 N–H and O–H groups in total. The maximum atomic E-state index is 11.6. The highest BCUT2D eigenvalue weighted by molar-refractivity contribution is 7.89. The van der Waals surface area contributed by atoms with Gasteiger partial charge in [0.2, 0.25) is 16.0 Å². The Morgan fingerprint density at radius 3 is 2.89 bits per heavy atom. The maximum absolute atomic E-state index is 11.6. The summed E-state index contributed by atoms with van der Waals surface area (Å²) in [6.45, 7) is 0.245. The number of rotatable bonds is 5. The van der Waals surface area contributed by atoms with Gasteiger partial charge in [-0.25, -0.2) is 13.6 Å². The number of fused-ring (bicyclic) bond motifs is 1. The zero-order valence-corrected chi connectivity index (χ0v) is 15.6. The van der Waals surface area contributed by atoms with Crippen LogP contribution in [0.3, 0.4) is 0 Å². The number of H-pyrrole nitrogens is 1. The molecule has 1 aromatic carbocycles. The average Bonchev–Trinajstić information content (AvgIpc) is 3.26. The van der Waals surface area contributed by atoms with Crippen molar-refractivity contribution < 1.29 is 18.6 Å². The number of aromatic amines is 1. The summed E-state index contributed by atoms with van der Waals surface area (Å²) in [5.74, 6) is 0.821. The van der Waals surface area contributed by atoms with Crippen LogP contribution in [0.2, 0.25) is 0 Å². The number of hydrogen-bond acceptors (Lipinski definition) is 8. The van der Waals surface area contributed by atoms with Crippen LogP contribution in [0.25, 0.3) is 11.0 Å². The van der Waals surface area contributed by atoms with Gasteiger partial charge in [0.25, 0.3) is 0 Å². The summed E-state index contributed by atoms with van der Waals surface area (Å²) in [6, 6.07) is 7.62. The van der Waals surface area contributed by atoms with Gasteiger partial charge in [0.15, 0.2) is 0 Å². The second kappa shape index (κ2) is 7.02. The largest absolute Gasteiger partial charge is 0.394 e. The Kier molecular flexibility index (Phi) is 4.67. The Hall–Kier alpha value is -2.73. The number of sulfonamides is 1. The zero-order chi connectivity index (χ0) is 19.9. The van der Waals surface area contributed by atoms with Gasteiger partial charge in [-0.15, -0.1) is 0 Å². The molecule has 0 aliphatic carbocycles. The van der Waals surface area contributed by atoms with Crippen LogP contribution in [-0.2, 0) is 10.0 Å². The van der Waals surface area contributed by atoms with Crippen LogP contribution >= 0.6 is 0 Å². The molecule has 1 saturated heterocycles. The molecule has 1 aliphatic rings. The van der Waals surface area contributed by atoms with E-state index in [4.69, 9.17) is 5.14 Å². The first-order chi connectivity index (χ1) is 13.3. The van der Waals surface area contributed by atoms with Crippen LogP contribution in [0.5, 0.6) is 0 Å². The van der Waals surface area contributed by atoms with Crippen molar-refractivity contribution >= 4 is 38.5 Å². The van der Waals surface area contributed by atoms with Crippen molar-refractivity contribution in [3.63, 3.8) is 0 Å². The number of anilines is 3. The number of aliphatic hydroxyl groups is 2. The summed E-state index contributed by atoms with van der Waals surface area (Å²) in [7, 11) is -3.83. The molecule has 3 aromatic rings. The Balaban J connectivity index is 1.73. The van der Waals surface area contributed by atoms with E-state index in [1.54, 1.807) is 18.3 Å². The summed E-state index contributed by atoms with van der Waals surface area (Å²) in [5.41, 5.74) is 1.04. The summed E-state index contributed by atoms with van der Waals surface area (Å²) < 4.78 is 23.1. The van der Waals surface area contributed by atoms with Gasteiger partial charge in [0.1, 0.15) is 11.5 Å². The fourth-order valence-electron chi connectivity index (χ4n) is 3.40. The average molecular weight is 404 g/mol. The van der Waals surface area contributed by atoms with Crippen molar-refractivity contribution in [1.82, 2.24) is 15.0 Å². The molecule has 28 heavy (non-hydrogen) atoms. The second-order valence-corrected chi connectivity index (χ2v) is 8.25. The fourth-order valence-corrected chi connectivity index (χ4v) is 3.96. The van der Waals surface area contributed by atoms with Crippen LogP contribution < -0.4 is 15.4 Å². The van der Waals surface area contributed by atoms with E-state index in [9.17, 15) is 18.6 Å². The molecule has 0 amide bonds. The lowest BCUT2D eigenvalue weighted by Gasteiger charge is -2.24. The van der Waals surface area contributed by atoms with E-state index in [0.29, 0.717) is 30.1 Å². The maximum Gasteiger partial charge on any atom is 0.238 e. The summed E-state index contributed by atoms with van der Waals surface area (Å²) in [6.07, 6.45) is 1.63. The van der Waals surface area contributed by atoms with Crippen molar-refractivity contribution in [1.29, 1.82) is 0 Å². The number of aromatic nitrogens is 3. The minimum absolute atomic E-state index is 0.0262. The van der Waals surface area contributed by atoms with Crippen molar-refractivity contribution in [2.45, 2.75) is 23.5 Å². The number of nitrogens with two attached hydrogens (primary N) is 1. The first kappa shape index (κ1) is 18.6. The summed E-state index contributed by atoms with van der Waals surface area (Å²) in [4.78, 5) is 13.8. The molecule has 148 valence electrons. The van der Waals surface area contributed by atoms with Gasteiger partial charge in [-0.05, 0) is 30.7 Å². The van der Waals surface area contributed by atoms with E-state index in [1.807, 2.05) is 11.0 Å². The quantitative estimate of drug-likeness (QED) is 0.406. The number of benzene rings is 1. The number of β-amino-alcohol motifs (C(OH)–C–C–N with tert-alkyl or cyclic N) is 1. The van der Waals surface area contributed by atoms with Gasteiger partial charge in [-0.1, -0.05) is 6.07 Å². The molecular formula is C17H20N6O4S. The normalized spacial score (nSPS) is 20.0. The fraction of sp³-hybridized carbons (Fsp3) is 0.294. The molecule has 11 heteroatoms. The van der Waals surface area contributed by atoms with Crippen molar-refractivity contribution in [3.8, 4) is 0 Å². The molecule has 0 radical (unpaired) electrons. The summed E-state index contributed by atoms with van der Waals surface area (Å²) >= 11 is 0. The van der Waals surface area contributed by atoms with Gasteiger partial charge in [-0.2, -0.15) is 9.97 Å². The van der Waals surface area contributed by atoms with Crippen molar-refractivity contribution in [3.05, 3.63) is 36.5 Å². The molecule has 1 aliphatic heterocycles. The molecule has 2 aromatic heterocycles. The number of hydrogen-bond donors (Lipinski definition) is 5. The lowest BCUT2D eigenvalue weighted by Crippen LogP contribution is -2.33. The molecule has 0 spiro atoms. The third-order valence-corrected chi connectivity index (χ3v) is 5.60. The molecule has 2 atom stereocenters. The number of primary sulfonamides is 1. The highest BCUT2D eigenvalue weighted by Gasteiger charge is 2.32. The van der Waals surface area contributed by atoms with Crippen molar-refractivity contribution in [2.24, 2.45) is 5.14 Å². The van der Waals surface area contributed by atoms with Crippen molar-refractivity contribution in [2.75, 3.05) is 23.4 Å². The zero-order valence-electron chi connectivity index (χ0n) is 14.8. The predicted octanol–water partition coefficient (Wildman–Crippen LogP) is 0.281.